The number of aromatic hydroxyl groups is 1. The van der Waals surface area contributed by atoms with Crippen LogP contribution >= 0.6 is 0 Å². The van der Waals surface area contributed by atoms with Crippen molar-refractivity contribution in [2.75, 3.05) is 51.3 Å². The summed E-state index contributed by atoms with van der Waals surface area (Å²) in [6, 6.07) is 6.11. The van der Waals surface area contributed by atoms with Crippen LogP contribution in [0.4, 0.5) is 19.4 Å². The number of piperazine rings is 1. The van der Waals surface area contributed by atoms with Gasteiger partial charge < -0.3 is 29.7 Å². The van der Waals surface area contributed by atoms with Crippen LogP contribution in [0.5, 0.6) is 11.8 Å². The van der Waals surface area contributed by atoms with E-state index in [0.29, 0.717) is 29.7 Å². The molecule has 2 aromatic heterocycles. The van der Waals surface area contributed by atoms with Gasteiger partial charge in [-0.25, -0.2) is 13.6 Å². The number of halogens is 2. The first-order valence-electron chi connectivity index (χ1n) is 17.7. The molecule has 0 radical (unpaired) electrons. The van der Waals surface area contributed by atoms with E-state index in [1.54, 1.807) is 7.05 Å². The summed E-state index contributed by atoms with van der Waals surface area (Å²) in [5.74, 6) is 3.81. The number of benzene rings is 2. The molecule has 11 nitrogen and oxygen atoms in total. The van der Waals surface area contributed by atoms with Crippen LogP contribution in [0, 0.1) is 36.3 Å². The van der Waals surface area contributed by atoms with Crippen LogP contribution in [-0.2, 0) is 4.74 Å². The van der Waals surface area contributed by atoms with Gasteiger partial charge in [0.25, 0.3) is 0 Å². The van der Waals surface area contributed by atoms with Crippen LogP contribution in [-0.4, -0.2) is 106 Å². The largest absolute Gasteiger partial charge is 0.508 e. The van der Waals surface area contributed by atoms with Crippen molar-refractivity contribution < 1.29 is 28.2 Å². The molecule has 2 N–H and O–H groups in total. The summed E-state index contributed by atoms with van der Waals surface area (Å²) in [5.41, 5.74) is -0.352. The standard InChI is InChI=1S/C39H39F2N7O4/c1-4-14-46(3)38(50)51-21-26-11-13-39(12-6-15-48(26)39)22-52-37-44-35-30(36(45-37)47-19-24-8-9-25(20-47)43-24)18-42-34(33(35)41)29-17-27(49)16-23-7-10-31(40)28(5-2)32(23)29/h1-2,7,10,16-18,24-26,43,49H,6,8-9,11-15,19-22H2,3H3/t24-,25+,26-,39-/m1/s1. The third kappa shape index (κ3) is 5.88. The number of ether oxygens (including phenoxy) is 2. The molecule has 4 aliphatic heterocycles. The molecule has 2 bridgehead atoms. The lowest BCUT2D eigenvalue weighted by atomic mass is 9.95. The SMILES string of the molecule is C#CCN(C)C(=O)OC[C@H]1CC[C@@]2(COc3nc(N4C[C@H]5CC[C@@H](C4)N5)c4cnc(-c5cc(O)cc6ccc(F)c(C#C)c56)c(F)c4n3)CCCN12. The maximum atomic E-state index is 17.0. The van der Waals surface area contributed by atoms with Gasteiger partial charge in [-0.15, -0.1) is 12.8 Å². The Kier molecular flexibility index (Phi) is 8.72. The van der Waals surface area contributed by atoms with Crippen LogP contribution in [0.15, 0.2) is 30.5 Å². The molecule has 13 heteroatoms. The lowest BCUT2D eigenvalue weighted by Gasteiger charge is -2.35. The van der Waals surface area contributed by atoms with Crippen molar-refractivity contribution in [2.45, 2.75) is 62.2 Å². The fraction of sp³-hybridized carbons (Fsp3) is 0.436. The number of hydrogen-bond acceptors (Lipinski definition) is 10. The van der Waals surface area contributed by atoms with Gasteiger partial charge in [0, 0.05) is 55.4 Å². The van der Waals surface area contributed by atoms with E-state index in [4.69, 9.17) is 27.3 Å². The lowest BCUT2D eigenvalue weighted by Crippen LogP contribution is -2.51. The minimum absolute atomic E-state index is 0.000823. The monoisotopic (exact) mass is 707 g/mol. The molecule has 1 amide bonds. The molecule has 52 heavy (non-hydrogen) atoms. The highest BCUT2D eigenvalue weighted by atomic mass is 19.1. The van der Waals surface area contributed by atoms with Crippen LogP contribution < -0.4 is 15.0 Å². The Labute approximate surface area is 300 Å². The number of rotatable bonds is 8. The molecule has 4 saturated heterocycles. The second-order valence-corrected chi connectivity index (χ2v) is 14.4. The summed E-state index contributed by atoms with van der Waals surface area (Å²) < 4.78 is 43.9. The molecule has 4 aromatic rings. The predicted octanol–water partition coefficient (Wildman–Crippen LogP) is 4.83. The number of phenols is 1. The zero-order valence-electron chi connectivity index (χ0n) is 28.9. The molecular weight excluding hydrogens is 668 g/mol. The van der Waals surface area contributed by atoms with Crippen LogP contribution in [0.2, 0.25) is 0 Å². The molecule has 0 spiro atoms. The van der Waals surface area contributed by atoms with Gasteiger partial charge in [-0.3, -0.25) is 9.88 Å². The topological polar surface area (TPSA) is 116 Å². The molecule has 8 rings (SSSR count). The van der Waals surface area contributed by atoms with Crippen LogP contribution in [0.3, 0.4) is 0 Å². The van der Waals surface area contributed by atoms with E-state index in [1.807, 2.05) is 0 Å². The van der Waals surface area contributed by atoms with Crippen LogP contribution in [0.1, 0.15) is 44.1 Å². The zero-order chi connectivity index (χ0) is 36.1. The van der Waals surface area contributed by atoms with Crippen molar-refractivity contribution in [1.29, 1.82) is 0 Å². The molecular formula is C39H39F2N7O4. The molecule has 0 unspecified atom stereocenters. The fourth-order valence-corrected chi connectivity index (χ4v) is 8.71. The first-order chi connectivity index (χ1) is 25.2. The third-order valence-electron chi connectivity index (χ3n) is 11.2. The molecule has 4 atom stereocenters. The Morgan fingerprint density at radius 2 is 1.96 bits per heavy atom. The minimum Gasteiger partial charge on any atom is -0.508 e. The number of terminal acetylenes is 2. The van der Waals surface area contributed by atoms with E-state index < -0.39 is 17.7 Å². The van der Waals surface area contributed by atoms with Gasteiger partial charge in [-0.05, 0) is 68.7 Å². The fourth-order valence-electron chi connectivity index (χ4n) is 8.71. The normalized spacial score (nSPS) is 23.8. The summed E-state index contributed by atoms with van der Waals surface area (Å²) in [6.07, 6.45) is 17.7. The van der Waals surface area contributed by atoms with E-state index in [1.165, 1.54) is 35.4 Å². The number of phenolic OH excluding ortho intramolecular Hbond substituents is 1. The van der Waals surface area contributed by atoms with E-state index in [0.717, 1.165) is 45.1 Å². The summed E-state index contributed by atoms with van der Waals surface area (Å²) >= 11 is 0. The first-order valence-corrected chi connectivity index (χ1v) is 17.7. The molecule has 0 aliphatic carbocycles. The summed E-state index contributed by atoms with van der Waals surface area (Å²) in [7, 11) is 1.61. The average Bonchev–Trinajstić information content (AvgIpc) is 3.82. The maximum Gasteiger partial charge on any atom is 0.410 e. The minimum atomic E-state index is -0.763. The lowest BCUT2D eigenvalue weighted by molar-refractivity contribution is 0.0475. The molecule has 268 valence electrons. The third-order valence-corrected chi connectivity index (χ3v) is 11.2. The number of aromatic nitrogens is 3. The quantitative estimate of drug-likeness (QED) is 0.247. The van der Waals surface area contributed by atoms with Gasteiger partial charge in [0.05, 0.1) is 23.0 Å². The second-order valence-electron chi connectivity index (χ2n) is 14.4. The molecule has 4 fully saturated rings. The van der Waals surface area contributed by atoms with E-state index >= 15 is 4.39 Å². The summed E-state index contributed by atoms with van der Waals surface area (Å²) in [6.45, 7) is 2.88. The molecule has 6 heterocycles. The van der Waals surface area contributed by atoms with Gasteiger partial charge in [0.15, 0.2) is 5.82 Å². The van der Waals surface area contributed by atoms with Gasteiger partial charge in [-0.1, -0.05) is 17.9 Å². The first kappa shape index (κ1) is 33.9. The Morgan fingerprint density at radius 1 is 1.15 bits per heavy atom. The number of nitrogens with one attached hydrogen (secondary N) is 1. The Morgan fingerprint density at radius 3 is 2.73 bits per heavy atom. The van der Waals surface area contributed by atoms with Crippen molar-refractivity contribution in [3.8, 4) is 47.7 Å². The highest BCUT2D eigenvalue weighted by Gasteiger charge is 2.50. The average molecular weight is 708 g/mol. The van der Waals surface area contributed by atoms with Gasteiger partial charge in [0.1, 0.15) is 41.8 Å². The summed E-state index contributed by atoms with van der Waals surface area (Å²) in [5, 5.41) is 15.4. The van der Waals surface area contributed by atoms with Crippen molar-refractivity contribution in [1.82, 2.24) is 30.1 Å². The van der Waals surface area contributed by atoms with Gasteiger partial charge in [0.2, 0.25) is 0 Å². The Balaban J connectivity index is 1.15. The molecule has 4 aliphatic rings. The van der Waals surface area contributed by atoms with Crippen molar-refractivity contribution >= 4 is 33.6 Å². The molecule has 0 saturated carbocycles. The summed E-state index contributed by atoms with van der Waals surface area (Å²) in [4.78, 5) is 32.3. The number of hydrogen-bond donors (Lipinski definition) is 2. The number of anilines is 1. The van der Waals surface area contributed by atoms with Crippen molar-refractivity contribution in [3.63, 3.8) is 0 Å². The van der Waals surface area contributed by atoms with Gasteiger partial charge >= 0.3 is 12.1 Å². The van der Waals surface area contributed by atoms with E-state index in [-0.39, 0.29) is 82.9 Å². The highest BCUT2D eigenvalue weighted by Crippen LogP contribution is 2.44. The number of amides is 1. The number of carbonyl (C=O) groups excluding carboxylic acids is 1. The second kappa shape index (κ2) is 13.4. The number of nitrogens with zero attached hydrogens (tertiary/aromatic N) is 6. The predicted molar refractivity (Wildman–Crippen MR) is 192 cm³/mol. The Hall–Kier alpha value is -5.24. The van der Waals surface area contributed by atoms with Crippen LogP contribution in [0.25, 0.3) is 32.9 Å². The van der Waals surface area contributed by atoms with Gasteiger partial charge in [-0.2, -0.15) is 9.97 Å². The number of fused-ring (bicyclic) bond motifs is 5. The number of carbonyl (C=O) groups is 1. The highest BCUT2D eigenvalue weighted by molar-refractivity contribution is 6.03. The molecule has 2 aromatic carbocycles. The Bertz CT molecular complexity index is 2160. The smallest absolute Gasteiger partial charge is 0.410 e. The van der Waals surface area contributed by atoms with E-state index in [9.17, 15) is 14.3 Å². The van der Waals surface area contributed by atoms with E-state index in [2.05, 4.69) is 36.9 Å². The van der Waals surface area contributed by atoms with Crippen molar-refractivity contribution in [2.24, 2.45) is 0 Å². The number of pyridine rings is 1. The van der Waals surface area contributed by atoms with Crippen molar-refractivity contribution in [3.05, 3.63) is 47.7 Å². The maximum absolute atomic E-state index is 17.0. The zero-order valence-corrected chi connectivity index (χ0v) is 28.9.